The number of nitrogens with two attached hydrogens (primary N) is 1. The highest BCUT2D eigenvalue weighted by atomic mass is 16.2. The van der Waals surface area contributed by atoms with E-state index in [2.05, 4.69) is 5.43 Å². The molecule has 68 valence electrons. The van der Waals surface area contributed by atoms with Crippen LogP contribution in [0.4, 0.5) is 0 Å². The molecule has 0 aliphatic carbocycles. The molecule has 1 heterocycles. The molecule has 3 N–H and O–H groups in total. The molecular formula is C7H13N3O2. The fourth-order valence-corrected chi connectivity index (χ4v) is 1.51. The Kier molecular flexibility index (Phi) is 2.65. The van der Waals surface area contributed by atoms with Gasteiger partial charge in [-0.2, -0.15) is 0 Å². The number of nitrogens with zero attached hydrogens (tertiary/aromatic N) is 1. The molecular weight excluding hydrogens is 158 g/mol. The zero-order valence-corrected chi connectivity index (χ0v) is 7.04. The van der Waals surface area contributed by atoms with Crippen molar-refractivity contribution in [3.63, 3.8) is 0 Å². The summed E-state index contributed by atoms with van der Waals surface area (Å²) in [5, 5.41) is 0. The predicted molar refractivity (Wildman–Crippen MR) is 42.7 cm³/mol. The lowest BCUT2D eigenvalue weighted by atomic mass is 10.2. The average Bonchev–Trinajstić information content (AvgIpc) is 2.50. The van der Waals surface area contributed by atoms with Gasteiger partial charge in [0.05, 0.1) is 0 Å². The molecule has 0 bridgehead atoms. The Morgan fingerprint density at radius 1 is 1.58 bits per heavy atom. The Labute approximate surface area is 70.9 Å². The summed E-state index contributed by atoms with van der Waals surface area (Å²) in [5.74, 6) is 4.63. The van der Waals surface area contributed by atoms with E-state index in [1.54, 1.807) is 4.90 Å². The molecule has 0 aromatic rings. The van der Waals surface area contributed by atoms with E-state index in [4.69, 9.17) is 5.84 Å². The average molecular weight is 171 g/mol. The largest absolute Gasteiger partial charge is 0.331 e. The van der Waals surface area contributed by atoms with Crippen LogP contribution in [0.25, 0.3) is 0 Å². The number of hydrogen-bond donors (Lipinski definition) is 2. The van der Waals surface area contributed by atoms with Gasteiger partial charge < -0.3 is 4.90 Å². The van der Waals surface area contributed by atoms with Crippen molar-refractivity contribution in [2.45, 2.75) is 25.8 Å². The number of carbonyl (C=O) groups is 2. The van der Waals surface area contributed by atoms with Crippen LogP contribution in [0, 0.1) is 0 Å². The van der Waals surface area contributed by atoms with Gasteiger partial charge in [0.2, 0.25) is 5.91 Å². The van der Waals surface area contributed by atoms with Gasteiger partial charge in [-0.05, 0) is 12.8 Å². The highest BCUT2D eigenvalue weighted by molar-refractivity contribution is 5.86. The normalized spacial score (nSPS) is 22.5. The molecule has 5 nitrogen and oxygen atoms in total. The van der Waals surface area contributed by atoms with E-state index in [-0.39, 0.29) is 17.9 Å². The summed E-state index contributed by atoms with van der Waals surface area (Å²) in [5.41, 5.74) is 2.06. The molecule has 1 fully saturated rings. The first-order valence-electron chi connectivity index (χ1n) is 3.94. The minimum absolute atomic E-state index is 0.0684. The molecule has 0 saturated carbocycles. The summed E-state index contributed by atoms with van der Waals surface area (Å²) in [6.45, 7) is 2.12. The first kappa shape index (κ1) is 8.99. The van der Waals surface area contributed by atoms with Crippen LogP contribution in [-0.4, -0.2) is 29.3 Å². The second-order valence-electron chi connectivity index (χ2n) is 2.88. The zero-order chi connectivity index (χ0) is 9.14. The fourth-order valence-electron chi connectivity index (χ4n) is 1.51. The molecule has 1 rings (SSSR count). The van der Waals surface area contributed by atoms with E-state index < -0.39 is 0 Å². The summed E-state index contributed by atoms with van der Waals surface area (Å²) in [7, 11) is 0. The summed E-state index contributed by atoms with van der Waals surface area (Å²) in [6, 6.07) is -0.354. The van der Waals surface area contributed by atoms with Crippen molar-refractivity contribution >= 4 is 11.8 Å². The molecule has 0 unspecified atom stereocenters. The van der Waals surface area contributed by atoms with E-state index >= 15 is 0 Å². The van der Waals surface area contributed by atoms with Crippen molar-refractivity contribution in [2.24, 2.45) is 5.84 Å². The maximum absolute atomic E-state index is 11.1. The van der Waals surface area contributed by atoms with Gasteiger partial charge in [0.1, 0.15) is 6.04 Å². The summed E-state index contributed by atoms with van der Waals surface area (Å²) >= 11 is 0. The Balaban J connectivity index is 2.63. The maximum atomic E-state index is 11.1. The molecule has 12 heavy (non-hydrogen) atoms. The van der Waals surface area contributed by atoms with Gasteiger partial charge in [0.15, 0.2) is 0 Å². The summed E-state index contributed by atoms with van der Waals surface area (Å²) < 4.78 is 0. The lowest BCUT2D eigenvalue weighted by Crippen LogP contribution is -2.47. The molecule has 1 atom stereocenters. The molecule has 0 spiro atoms. The van der Waals surface area contributed by atoms with Gasteiger partial charge in [-0.25, -0.2) is 5.84 Å². The number of amides is 2. The monoisotopic (exact) mass is 171 g/mol. The van der Waals surface area contributed by atoms with Gasteiger partial charge in [-0.1, -0.05) is 0 Å². The highest BCUT2D eigenvalue weighted by Gasteiger charge is 2.31. The van der Waals surface area contributed by atoms with Crippen molar-refractivity contribution in [2.75, 3.05) is 6.54 Å². The van der Waals surface area contributed by atoms with E-state index in [1.807, 2.05) is 0 Å². The molecule has 1 aliphatic heterocycles. The Morgan fingerprint density at radius 2 is 2.25 bits per heavy atom. The molecule has 0 aromatic heterocycles. The van der Waals surface area contributed by atoms with E-state index in [0.29, 0.717) is 13.0 Å². The number of rotatable bonds is 1. The van der Waals surface area contributed by atoms with Crippen LogP contribution in [-0.2, 0) is 9.59 Å². The van der Waals surface area contributed by atoms with Gasteiger partial charge in [0.25, 0.3) is 5.91 Å². The topological polar surface area (TPSA) is 75.4 Å². The predicted octanol–water partition coefficient (Wildman–Crippen LogP) is -1.01. The van der Waals surface area contributed by atoms with Crippen LogP contribution in [0.2, 0.25) is 0 Å². The second-order valence-corrected chi connectivity index (χ2v) is 2.88. The Hall–Kier alpha value is -1.10. The van der Waals surface area contributed by atoms with Crippen molar-refractivity contribution in [3.8, 4) is 0 Å². The third-order valence-electron chi connectivity index (χ3n) is 2.10. The fraction of sp³-hybridized carbons (Fsp3) is 0.714. The quantitative estimate of drug-likeness (QED) is 0.301. The van der Waals surface area contributed by atoms with Gasteiger partial charge in [-0.15, -0.1) is 0 Å². The molecule has 0 radical (unpaired) electrons. The van der Waals surface area contributed by atoms with E-state index in [1.165, 1.54) is 6.92 Å². The smallest absolute Gasteiger partial charge is 0.256 e. The molecule has 2 amide bonds. The van der Waals surface area contributed by atoms with Crippen LogP contribution in [0.1, 0.15) is 19.8 Å². The lowest BCUT2D eigenvalue weighted by Gasteiger charge is -2.21. The SMILES string of the molecule is CC(=O)N1CCC[C@H]1C(=O)NN. The van der Waals surface area contributed by atoms with E-state index in [0.717, 1.165) is 6.42 Å². The third-order valence-corrected chi connectivity index (χ3v) is 2.10. The maximum Gasteiger partial charge on any atom is 0.256 e. The van der Waals surface area contributed by atoms with E-state index in [9.17, 15) is 9.59 Å². The van der Waals surface area contributed by atoms with Crippen molar-refractivity contribution in [1.82, 2.24) is 10.3 Å². The van der Waals surface area contributed by atoms with Crippen molar-refractivity contribution < 1.29 is 9.59 Å². The number of carbonyl (C=O) groups excluding carboxylic acids is 2. The minimum Gasteiger partial charge on any atom is -0.331 e. The molecule has 0 aromatic carbocycles. The molecule has 5 heteroatoms. The van der Waals surface area contributed by atoms with Gasteiger partial charge in [0, 0.05) is 13.5 Å². The summed E-state index contributed by atoms with van der Waals surface area (Å²) in [6.07, 6.45) is 1.58. The molecule has 1 saturated heterocycles. The lowest BCUT2D eigenvalue weighted by molar-refractivity contribution is -0.136. The highest BCUT2D eigenvalue weighted by Crippen LogP contribution is 2.16. The van der Waals surface area contributed by atoms with Crippen LogP contribution in [0.3, 0.4) is 0 Å². The second kappa shape index (κ2) is 3.53. The molecule has 1 aliphatic rings. The van der Waals surface area contributed by atoms with Gasteiger partial charge >= 0.3 is 0 Å². The van der Waals surface area contributed by atoms with Crippen LogP contribution >= 0.6 is 0 Å². The van der Waals surface area contributed by atoms with Crippen molar-refractivity contribution in [1.29, 1.82) is 0 Å². The summed E-state index contributed by atoms with van der Waals surface area (Å²) in [4.78, 5) is 23.6. The van der Waals surface area contributed by atoms with Crippen LogP contribution in [0.15, 0.2) is 0 Å². The minimum atomic E-state index is -0.354. The number of hydrazine groups is 1. The number of hydrogen-bond acceptors (Lipinski definition) is 3. The Morgan fingerprint density at radius 3 is 2.75 bits per heavy atom. The van der Waals surface area contributed by atoms with Crippen LogP contribution < -0.4 is 11.3 Å². The zero-order valence-electron chi connectivity index (χ0n) is 7.04. The van der Waals surface area contributed by atoms with Crippen LogP contribution in [0.5, 0.6) is 0 Å². The third kappa shape index (κ3) is 1.55. The first-order valence-corrected chi connectivity index (χ1v) is 3.94. The first-order chi connectivity index (χ1) is 5.66. The Bertz CT molecular complexity index is 205. The number of likely N-dealkylation sites (tertiary alicyclic amines) is 1. The van der Waals surface area contributed by atoms with Crippen molar-refractivity contribution in [3.05, 3.63) is 0 Å². The van der Waals surface area contributed by atoms with Gasteiger partial charge in [-0.3, -0.25) is 15.0 Å². The standard InChI is InChI=1S/C7H13N3O2/c1-5(11)10-4-2-3-6(10)7(12)9-8/h6H,2-4,8H2,1H3,(H,9,12)/t6-/m0/s1. The number of nitrogens with one attached hydrogen (secondary N) is 1.